The molecule has 2 unspecified atom stereocenters. The molecule has 0 amide bonds. The summed E-state index contributed by atoms with van der Waals surface area (Å²) in [5, 5.41) is 7.11. The Hall–Kier alpha value is 0.270. The Bertz CT molecular complexity index is 128. The van der Waals surface area contributed by atoms with Crippen LogP contribution in [0.4, 0.5) is 0 Å². The standard InChI is InChI=1S/C8H16N2S/c11-2-1-6-4-9-7-3-8(7)10-5-6/h6-11H,1-5H2/t6?,7-,8?/m1/s1. The van der Waals surface area contributed by atoms with Gasteiger partial charge in [0.05, 0.1) is 0 Å². The number of rotatable bonds is 2. The SMILES string of the molecule is SCCC1CNC2C[C@H]2NC1. The van der Waals surface area contributed by atoms with Gasteiger partial charge in [-0.1, -0.05) is 0 Å². The van der Waals surface area contributed by atoms with Crippen LogP contribution in [0.3, 0.4) is 0 Å². The van der Waals surface area contributed by atoms with Gasteiger partial charge in [-0.25, -0.2) is 0 Å². The van der Waals surface area contributed by atoms with Crippen LogP contribution < -0.4 is 10.6 Å². The third-order valence-electron chi connectivity index (χ3n) is 2.67. The Kier molecular flexibility index (Phi) is 2.39. The second kappa shape index (κ2) is 3.33. The highest BCUT2D eigenvalue weighted by Gasteiger charge is 2.38. The summed E-state index contributed by atoms with van der Waals surface area (Å²) in [5.74, 6) is 1.82. The number of hydrogen-bond donors (Lipinski definition) is 3. The van der Waals surface area contributed by atoms with E-state index >= 15 is 0 Å². The Morgan fingerprint density at radius 1 is 1.18 bits per heavy atom. The zero-order valence-corrected chi connectivity index (χ0v) is 7.61. The van der Waals surface area contributed by atoms with Crippen molar-refractivity contribution in [2.75, 3.05) is 18.8 Å². The first kappa shape index (κ1) is 7.90. The number of nitrogens with one attached hydrogen (secondary N) is 2. The molecule has 2 N–H and O–H groups in total. The average molecular weight is 172 g/mol. The molecule has 1 aliphatic carbocycles. The number of fused-ring (bicyclic) bond motifs is 1. The van der Waals surface area contributed by atoms with Crippen molar-refractivity contribution in [3.63, 3.8) is 0 Å². The quantitative estimate of drug-likeness (QED) is 0.520. The van der Waals surface area contributed by atoms with Crippen molar-refractivity contribution in [1.82, 2.24) is 10.6 Å². The van der Waals surface area contributed by atoms with E-state index in [0.717, 1.165) is 23.8 Å². The van der Waals surface area contributed by atoms with Gasteiger partial charge in [0, 0.05) is 12.1 Å². The first-order valence-electron chi connectivity index (χ1n) is 4.48. The zero-order chi connectivity index (χ0) is 7.68. The molecule has 11 heavy (non-hydrogen) atoms. The van der Waals surface area contributed by atoms with Gasteiger partial charge in [0.25, 0.3) is 0 Å². The van der Waals surface area contributed by atoms with Crippen molar-refractivity contribution >= 4 is 12.6 Å². The van der Waals surface area contributed by atoms with Crippen LogP contribution in [0, 0.1) is 5.92 Å². The van der Waals surface area contributed by atoms with Gasteiger partial charge in [-0.15, -0.1) is 0 Å². The van der Waals surface area contributed by atoms with E-state index in [1.165, 1.54) is 25.9 Å². The second-order valence-electron chi connectivity index (χ2n) is 3.64. The van der Waals surface area contributed by atoms with Gasteiger partial charge in [-0.2, -0.15) is 12.6 Å². The molecule has 2 rings (SSSR count). The molecule has 0 aromatic carbocycles. The Balaban J connectivity index is 1.77. The lowest BCUT2D eigenvalue weighted by Gasteiger charge is -2.13. The van der Waals surface area contributed by atoms with Crippen LogP contribution in [-0.2, 0) is 0 Å². The molecule has 3 atom stereocenters. The largest absolute Gasteiger partial charge is 0.312 e. The molecular weight excluding hydrogens is 156 g/mol. The fourth-order valence-corrected chi connectivity index (χ4v) is 2.11. The van der Waals surface area contributed by atoms with Crippen LogP contribution in [0.5, 0.6) is 0 Å². The summed E-state index contributed by atoms with van der Waals surface area (Å²) in [6.45, 7) is 2.38. The van der Waals surface area contributed by atoms with Crippen LogP contribution in [0.15, 0.2) is 0 Å². The third-order valence-corrected chi connectivity index (χ3v) is 2.92. The molecule has 1 heterocycles. The van der Waals surface area contributed by atoms with Crippen molar-refractivity contribution in [3.8, 4) is 0 Å². The molecule has 2 fully saturated rings. The molecule has 1 aliphatic heterocycles. The fourth-order valence-electron chi connectivity index (χ4n) is 1.74. The van der Waals surface area contributed by atoms with E-state index in [-0.39, 0.29) is 0 Å². The fraction of sp³-hybridized carbons (Fsp3) is 1.00. The minimum atomic E-state index is 0.792. The van der Waals surface area contributed by atoms with Crippen molar-refractivity contribution in [3.05, 3.63) is 0 Å². The lowest BCUT2D eigenvalue weighted by molar-refractivity contribution is 0.466. The summed E-state index contributed by atoms with van der Waals surface area (Å²) in [5.41, 5.74) is 0. The summed E-state index contributed by atoms with van der Waals surface area (Å²) >= 11 is 4.24. The highest BCUT2D eigenvalue weighted by Crippen LogP contribution is 2.24. The molecule has 2 nitrogen and oxygen atoms in total. The van der Waals surface area contributed by atoms with Crippen LogP contribution in [0.1, 0.15) is 12.8 Å². The molecule has 1 saturated heterocycles. The number of thiol groups is 1. The molecular formula is C8H16N2S. The van der Waals surface area contributed by atoms with E-state index in [1.54, 1.807) is 0 Å². The van der Waals surface area contributed by atoms with Crippen LogP contribution in [-0.4, -0.2) is 30.9 Å². The Morgan fingerprint density at radius 2 is 1.82 bits per heavy atom. The molecule has 1 saturated carbocycles. The lowest BCUT2D eigenvalue weighted by Crippen LogP contribution is -2.27. The summed E-state index contributed by atoms with van der Waals surface area (Å²) < 4.78 is 0. The van der Waals surface area contributed by atoms with Crippen molar-refractivity contribution in [1.29, 1.82) is 0 Å². The van der Waals surface area contributed by atoms with Crippen molar-refractivity contribution < 1.29 is 0 Å². The normalized spacial score (nSPS) is 42.8. The van der Waals surface area contributed by atoms with Gasteiger partial charge in [0.1, 0.15) is 0 Å². The van der Waals surface area contributed by atoms with Crippen LogP contribution >= 0.6 is 12.6 Å². The molecule has 64 valence electrons. The maximum Gasteiger partial charge on any atom is 0.0237 e. The zero-order valence-electron chi connectivity index (χ0n) is 6.71. The highest BCUT2D eigenvalue weighted by atomic mass is 32.1. The smallest absolute Gasteiger partial charge is 0.0237 e. The van der Waals surface area contributed by atoms with Crippen LogP contribution in [0.2, 0.25) is 0 Å². The third kappa shape index (κ3) is 1.89. The summed E-state index contributed by atoms with van der Waals surface area (Å²) in [6, 6.07) is 1.58. The van der Waals surface area contributed by atoms with E-state index in [2.05, 4.69) is 23.3 Å². The Morgan fingerprint density at radius 3 is 2.36 bits per heavy atom. The predicted molar refractivity (Wildman–Crippen MR) is 50.2 cm³/mol. The first-order chi connectivity index (χ1) is 5.40. The minimum absolute atomic E-state index is 0.792. The maximum absolute atomic E-state index is 4.24. The minimum Gasteiger partial charge on any atom is -0.312 e. The second-order valence-corrected chi connectivity index (χ2v) is 4.09. The maximum atomic E-state index is 4.24. The lowest BCUT2D eigenvalue weighted by atomic mass is 10.1. The average Bonchev–Trinajstić information content (AvgIpc) is 2.71. The molecule has 0 bridgehead atoms. The summed E-state index contributed by atoms with van der Waals surface area (Å²) in [4.78, 5) is 0. The van der Waals surface area contributed by atoms with Crippen LogP contribution in [0.25, 0.3) is 0 Å². The predicted octanol–water partition coefficient (Wildman–Crippen LogP) is 0.256. The van der Waals surface area contributed by atoms with Gasteiger partial charge < -0.3 is 10.6 Å². The first-order valence-corrected chi connectivity index (χ1v) is 5.11. The van der Waals surface area contributed by atoms with Gasteiger partial charge in [0.15, 0.2) is 0 Å². The molecule has 2 aliphatic rings. The molecule has 0 radical (unpaired) electrons. The molecule has 0 aromatic heterocycles. The summed E-state index contributed by atoms with van der Waals surface area (Å²) in [7, 11) is 0. The van der Waals surface area contributed by atoms with Crippen molar-refractivity contribution in [2.24, 2.45) is 5.92 Å². The van der Waals surface area contributed by atoms with Gasteiger partial charge >= 0.3 is 0 Å². The molecule has 0 aromatic rings. The monoisotopic (exact) mass is 172 g/mol. The summed E-state index contributed by atoms with van der Waals surface area (Å²) in [6.07, 6.45) is 2.58. The number of hydrogen-bond acceptors (Lipinski definition) is 3. The van der Waals surface area contributed by atoms with Gasteiger partial charge in [-0.05, 0) is 37.6 Å². The highest BCUT2D eigenvalue weighted by molar-refractivity contribution is 7.80. The Labute approximate surface area is 73.5 Å². The van der Waals surface area contributed by atoms with E-state index in [9.17, 15) is 0 Å². The van der Waals surface area contributed by atoms with E-state index in [1.807, 2.05) is 0 Å². The topological polar surface area (TPSA) is 24.1 Å². The van der Waals surface area contributed by atoms with Gasteiger partial charge in [-0.3, -0.25) is 0 Å². The molecule has 3 heteroatoms. The van der Waals surface area contributed by atoms with E-state index in [4.69, 9.17) is 0 Å². The van der Waals surface area contributed by atoms with E-state index < -0.39 is 0 Å². The van der Waals surface area contributed by atoms with Crippen molar-refractivity contribution in [2.45, 2.75) is 24.9 Å². The van der Waals surface area contributed by atoms with E-state index in [0.29, 0.717) is 0 Å². The van der Waals surface area contributed by atoms with Gasteiger partial charge in [0.2, 0.25) is 0 Å². The molecule has 0 spiro atoms.